The number of ether oxygens (including phenoxy) is 1. The second-order valence-corrected chi connectivity index (χ2v) is 11.0. The van der Waals surface area contributed by atoms with E-state index in [-0.39, 0.29) is 24.8 Å². The first-order valence-electron chi connectivity index (χ1n) is 10.7. The summed E-state index contributed by atoms with van der Waals surface area (Å²) >= 11 is 14.6. The molecule has 0 spiro atoms. The van der Waals surface area contributed by atoms with Gasteiger partial charge in [-0.05, 0) is 54.1 Å². The van der Waals surface area contributed by atoms with Crippen LogP contribution in [-0.2, 0) is 9.59 Å². The van der Waals surface area contributed by atoms with Crippen molar-refractivity contribution in [3.63, 3.8) is 0 Å². The lowest BCUT2D eigenvalue weighted by molar-refractivity contribution is -0.123. The van der Waals surface area contributed by atoms with Crippen molar-refractivity contribution >= 4 is 80.9 Å². The van der Waals surface area contributed by atoms with Gasteiger partial charge in [-0.3, -0.25) is 19.4 Å². The predicted molar refractivity (Wildman–Crippen MR) is 147 cm³/mol. The molecule has 0 unspecified atom stereocenters. The van der Waals surface area contributed by atoms with Crippen LogP contribution in [0.15, 0.2) is 81.4 Å². The molecular weight excluding hydrogens is 520 g/mol. The van der Waals surface area contributed by atoms with Crippen molar-refractivity contribution in [2.24, 2.45) is 0 Å². The van der Waals surface area contributed by atoms with Gasteiger partial charge in [0, 0.05) is 27.8 Å². The van der Waals surface area contributed by atoms with Gasteiger partial charge in [-0.25, -0.2) is 0 Å². The van der Waals surface area contributed by atoms with E-state index in [1.807, 2.05) is 60.7 Å². The highest BCUT2D eigenvalue weighted by Gasteiger charge is 2.34. The highest BCUT2D eigenvalue weighted by molar-refractivity contribution is 8.26. The Balaban J connectivity index is 1.34. The van der Waals surface area contributed by atoms with Crippen molar-refractivity contribution in [1.29, 1.82) is 0 Å². The number of carbonyl (C=O) groups is 2. The Morgan fingerprint density at radius 1 is 1.03 bits per heavy atom. The second kappa shape index (κ2) is 10.1. The van der Waals surface area contributed by atoms with Crippen LogP contribution in [0.3, 0.4) is 0 Å². The van der Waals surface area contributed by atoms with Gasteiger partial charge < -0.3 is 4.74 Å². The molecule has 35 heavy (non-hydrogen) atoms. The Morgan fingerprint density at radius 3 is 2.54 bits per heavy atom. The standard InChI is InChI=1S/C26H19ClN2O3S3/c1-32-18-9-6-16(7-10-18)14-23-25(31)28(26(33)35-23)13-12-24(30)29-19-4-2-3-5-21(19)34-22-11-8-17(27)15-20(22)29/h2-11,14-15H,12-13H2,1H3. The molecule has 2 aliphatic rings. The van der Waals surface area contributed by atoms with Gasteiger partial charge in [-0.1, -0.05) is 71.6 Å². The number of halogens is 1. The molecule has 1 saturated heterocycles. The van der Waals surface area contributed by atoms with Gasteiger partial charge in [0.05, 0.1) is 23.4 Å². The minimum absolute atomic E-state index is 0.118. The Bertz CT molecular complexity index is 1370. The number of carbonyl (C=O) groups excluding carboxylic acids is 2. The molecule has 176 valence electrons. The molecule has 3 aromatic rings. The lowest BCUT2D eigenvalue weighted by Crippen LogP contribution is -2.35. The van der Waals surface area contributed by atoms with E-state index in [0.29, 0.717) is 14.2 Å². The van der Waals surface area contributed by atoms with Crippen molar-refractivity contribution in [2.45, 2.75) is 16.2 Å². The molecule has 2 aliphatic heterocycles. The van der Waals surface area contributed by atoms with E-state index in [2.05, 4.69) is 0 Å². The molecular formula is C26H19ClN2O3S3. The fourth-order valence-corrected chi connectivity index (χ4v) is 6.37. The smallest absolute Gasteiger partial charge is 0.266 e. The minimum atomic E-state index is -0.193. The molecule has 3 aromatic carbocycles. The van der Waals surface area contributed by atoms with E-state index in [9.17, 15) is 9.59 Å². The van der Waals surface area contributed by atoms with Crippen molar-refractivity contribution in [3.8, 4) is 5.75 Å². The zero-order valence-electron chi connectivity index (χ0n) is 18.6. The Kier molecular flexibility index (Phi) is 6.88. The minimum Gasteiger partial charge on any atom is -0.497 e. The zero-order valence-corrected chi connectivity index (χ0v) is 21.8. The van der Waals surface area contributed by atoms with E-state index in [0.717, 1.165) is 32.5 Å². The third-order valence-electron chi connectivity index (χ3n) is 5.57. The van der Waals surface area contributed by atoms with Crippen LogP contribution in [0.25, 0.3) is 6.08 Å². The number of thiocarbonyl (C=S) groups is 1. The summed E-state index contributed by atoms with van der Waals surface area (Å²) in [4.78, 5) is 32.2. The molecule has 0 aromatic heterocycles. The maximum Gasteiger partial charge on any atom is 0.266 e. The van der Waals surface area contributed by atoms with E-state index < -0.39 is 0 Å². The molecule has 9 heteroatoms. The number of hydrogen-bond donors (Lipinski definition) is 0. The highest BCUT2D eigenvalue weighted by Crippen LogP contribution is 2.49. The molecule has 2 amide bonds. The number of thioether (sulfide) groups is 1. The predicted octanol–water partition coefficient (Wildman–Crippen LogP) is 6.77. The third-order valence-corrected chi connectivity index (χ3v) is 8.32. The van der Waals surface area contributed by atoms with Crippen LogP contribution in [0.2, 0.25) is 5.02 Å². The quantitative estimate of drug-likeness (QED) is 0.264. The molecule has 5 nitrogen and oxygen atoms in total. The normalized spacial score (nSPS) is 15.9. The summed E-state index contributed by atoms with van der Waals surface area (Å²) in [6.07, 6.45) is 1.92. The maximum absolute atomic E-state index is 13.5. The van der Waals surface area contributed by atoms with Crippen molar-refractivity contribution in [3.05, 3.63) is 82.2 Å². The largest absolute Gasteiger partial charge is 0.497 e. The monoisotopic (exact) mass is 538 g/mol. The number of rotatable bonds is 5. The molecule has 0 radical (unpaired) electrons. The van der Waals surface area contributed by atoms with Crippen LogP contribution in [0.5, 0.6) is 5.75 Å². The number of amides is 2. The number of anilines is 2. The average Bonchev–Trinajstić information content (AvgIpc) is 3.13. The van der Waals surface area contributed by atoms with E-state index in [4.69, 9.17) is 28.6 Å². The van der Waals surface area contributed by atoms with Crippen molar-refractivity contribution in [2.75, 3.05) is 18.6 Å². The van der Waals surface area contributed by atoms with E-state index in [1.165, 1.54) is 16.7 Å². The molecule has 0 atom stereocenters. The zero-order chi connectivity index (χ0) is 24.5. The molecule has 0 bridgehead atoms. The second-order valence-electron chi connectivity index (χ2n) is 7.77. The van der Waals surface area contributed by atoms with Crippen LogP contribution < -0.4 is 9.64 Å². The lowest BCUT2D eigenvalue weighted by Gasteiger charge is -2.31. The van der Waals surface area contributed by atoms with E-state index in [1.54, 1.807) is 35.9 Å². The van der Waals surface area contributed by atoms with Gasteiger partial charge >= 0.3 is 0 Å². The van der Waals surface area contributed by atoms with Crippen LogP contribution >= 0.6 is 47.3 Å². The van der Waals surface area contributed by atoms with Crippen LogP contribution in [0, 0.1) is 0 Å². The van der Waals surface area contributed by atoms with Gasteiger partial charge in [-0.15, -0.1) is 0 Å². The molecule has 0 N–H and O–H groups in total. The summed E-state index contributed by atoms with van der Waals surface area (Å²) in [5.74, 6) is 0.421. The van der Waals surface area contributed by atoms with Gasteiger partial charge in [0.25, 0.3) is 5.91 Å². The molecule has 5 rings (SSSR count). The summed E-state index contributed by atoms with van der Waals surface area (Å²) < 4.78 is 5.63. The SMILES string of the molecule is COc1ccc(C=C2SC(=S)N(CCC(=O)N3c4ccccc4Sc4ccc(Cl)cc43)C2=O)cc1. The number of methoxy groups -OCH3 is 1. The summed E-state index contributed by atoms with van der Waals surface area (Å²) in [6, 6.07) is 20.7. The number of benzene rings is 3. The van der Waals surface area contributed by atoms with Gasteiger partial charge in [0.2, 0.25) is 5.91 Å². The molecule has 1 fully saturated rings. The number of hydrogen-bond acceptors (Lipinski definition) is 6. The number of para-hydroxylation sites is 1. The Hall–Kier alpha value is -2.78. The van der Waals surface area contributed by atoms with Crippen LogP contribution in [-0.4, -0.2) is 34.7 Å². The van der Waals surface area contributed by atoms with Gasteiger partial charge in [0.1, 0.15) is 10.1 Å². The maximum atomic E-state index is 13.5. The Labute approximate surface area is 222 Å². The summed E-state index contributed by atoms with van der Waals surface area (Å²) in [6.45, 7) is 0.200. The fourth-order valence-electron chi connectivity index (χ4n) is 3.86. The highest BCUT2D eigenvalue weighted by atomic mass is 35.5. The molecule has 0 aliphatic carbocycles. The average molecular weight is 539 g/mol. The fraction of sp³-hybridized carbons (Fsp3) is 0.115. The third kappa shape index (κ3) is 4.84. The summed E-state index contributed by atoms with van der Waals surface area (Å²) in [7, 11) is 1.61. The topological polar surface area (TPSA) is 49.9 Å². The van der Waals surface area contributed by atoms with Crippen LogP contribution in [0.4, 0.5) is 11.4 Å². The van der Waals surface area contributed by atoms with Crippen molar-refractivity contribution < 1.29 is 14.3 Å². The molecule has 0 saturated carbocycles. The first kappa shape index (κ1) is 23.9. The van der Waals surface area contributed by atoms with Crippen molar-refractivity contribution in [1.82, 2.24) is 4.90 Å². The van der Waals surface area contributed by atoms with Gasteiger partial charge in [0.15, 0.2) is 0 Å². The summed E-state index contributed by atoms with van der Waals surface area (Å²) in [5.41, 5.74) is 2.43. The Morgan fingerprint density at radius 2 is 1.77 bits per heavy atom. The molecule has 2 heterocycles. The van der Waals surface area contributed by atoms with Crippen LogP contribution in [0.1, 0.15) is 12.0 Å². The number of nitrogens with zero attached hydrogens (tertiary/aromatic N) is 2. The van der Waals surface area contributed by atoms with Gasteiger partial charge in [-0.2, -0.15) is 0 Å². The first-order chi connectivity index (χ1) is 16.9. The number of fused-ring (bicyclic) bond motifs is 2. The lowest BCUT2D eigenvalue weighted by atomic mass is 10.2. The summed E-state index contributed by atoms with van der Waals surface area (Å²) in [5, 5.41) is 0.558. The first-order valence-corrected chi connectivity index (χ1v) is 13.2. The van der Waals surface area contributed by atoms with E-state index >= 15 is 0 Å².